The van der Waals surface area contributed by atoms with E-state index >= 15 is 0 Å². The summed E-state index contributed by atoms with van der Waals surface area (Å²) in [5, 5.41) is 6.94. The Morgan fingerprint density at radius 3 is 2.66 bits per heavy atom. The molecule has 1 amide bonds. The molecule has 2 aromatic heterocycles. The molecule has 164 valence electrons. The van der Waals surface area contributed by atoms with Gasteiger partial charge in [-0.2, -0.15) is 4.98 Å². The first-order valence-electron chi connectivity index (χ1n) is 10.4. The molecule has 7 nitrogen and oxygen atoms in total. The Morgan fingerprint density at radius 2 is 1.91 bits per heavy atom. The minimum absolute atomic E-state index is 0.130. The monoisotopic (exact) mass is 434 g/mol. The van der Waals surface area contributed by atoms with E-state index in [2.05, 4.69) is 20.4 Å². The van der Waals surface area contributed by atoms with E-state index in [9.17, 15) is 9.18 Å². The fourth-order valence-corrected chi connectivity index (χ4v) is 3.22. The average molecular weight is 434 g/mol. The number of benzene rings is 2. The first-order valence-corrected chi connectivity index (χ1v) is 10.4. The number of hydrogen-bond donors (Lipinski definition) is 1. The number of carbonyl (C=O) groups is 1. The van der Waals surface area contributed by atoms with Gasteiger partial charge in [0.25, 0.3) is 5.89 Å². The highest BCUT2D eigenvalue weighted by Gasteiger charge is 2.18. The summed E-state index contributed by atoms with van der Waals surface area (Å²) in [6, 6.07) is 11.9. The molecule has 4 aromatic rings. The zero-order valence-electron chi connectivity index (χ0n) is 18.1. The van der Waals surface area contributed by atoms with Crippen LogP contribution in [0.2, 0.25) is 0 Å². The molecule has 0 bridgehead atoms. The van der Waals surface area contributed by atoms with Crippen LogP contribution in [0.25, 0.3) is 22.8 Å². The van der Waals surface area contributed by atoms with Crippen molar-refractivity contribution >= 4 is 11.6 Å². The van der Waals surface area contributed by atoms with Crippen LogP contribution in [0, 0.1) is 12.7 Å². The van der Waals surface area contributed by atoms with Crippen LogP contribution in [0.1, 0.15) is 43.5 Å². The summed E-state index contributed by atoms with van der Waals surface area (Å²) < 4.78 is 25.0. The van der Waals surface area contributed by atoms with E-state index in [1.807, 2.05) is 39.0 Å². The number of anilines is 1. The fraction of sp³-hybridized carbons (Fsp3) is 0.250. The van der Waals surface area contributed by atoms with Crippen molar-refractivity contribution < 1.29 is 18.1 Å². The number of rotatable bonds is 7. The van der Waals surface area contributed by atoms with Crippen LogP contribution >= 0.6 is 0 Å². The van der Waals surface area contributed by atoms with Gasteiger partial charge in [-0.3, -0.25) is 4.79 Å². The minimum Gasteiger partial charge on any atom is -0.441 e. The smallest absolute Gasteiger partial charge is 0.260 e. The summed E-state index contributed by atoms with van der Waals surface area (Å²) in [5.74, 6) is 1.18. The maximum Gasteiger partial charge on any atom is 0.260 e. The zero-order chi connectivity index (χ0) is 22.7. The van der Waals surface area contributed by atoms with Gasteiger partial charge in [-0.25, -0.2) is 9.37 Å². The first-order chi connectivity index (χ1) is 15.4. The third kappa shape index (κ3) is 4.59. The molecule has 0 fully saturated rings. The van der Waals surface area contributed by atoms with E-state index in [0.717, 1.165) is 5.56 Å². The molecule has 0 saturated heterocycles. The molecule has 2 heterocycles. The second-order valence-corrected chi connectivity index (χ2v) is 7.76. The Hall–Kier alpha value is -3.81. The topological polar surface area (TPSA) is 94.1 Å². The van der Waals surface area contributed by atoms with Crippen LogP contribution in [0.15, 0.2) is 57.6 Å². The van der Waals surface area contributed by atoms with Gasteiger partial charge in [0.05, 0.1) is 23.0 Å². The van der Waals surface area contributed by atoms with E-state index < -0.39 is 0 Å². The fourth-order valence-electron chi connectivity index (χ4n) is 3.22. The SMILES string of the molecule is Cc1cccc(-c2nc(C(C)C)no2)c1NC(=O)CCc1ncc(-c2ccccc2F)o1. The van der Waals surface area contributed by atoms with Gasteiger partial charge in [0.15, 0.2) is 17.5 Å². The van der Waals surface area contributed by atoms with Gasteiger partial charge in [0.2, 0.25) is 5.91 Å². The predicted molar refractivity (Wildman–Crippen MR) is 117 cm³/mol. The van der Waals surface area contributed by atoms with Crippen LogP contribution < -0.4 is 5.32 Å². The Balaban J connectivity index is 1.45. The van der Waals surface area contributed by atoms with Gasteiger partial charge in [-0.15, -0.1) is 0 Å². The number of halogens is 1. The third-order valence-corrected chi connectivity index (χ3v) is 4.98. The lowest BCUT2D eigenvalue weighted by Crippen LogP contribution is -2.14. The van der Waals surface area contributed by atoms with Gasteiger partial charge < -0.3 is 14.3 Å². The summed E-state index contributed by atoms with van der Waals surface area (Å²) in [6.07, 6.45) is 1.89. The van der Waals surface area contributed by atoms with Crippen molar-refractivity contribution in [3.63, 3.8) is 0 Å². The normalized spacial score (nSPS) is 11.2. The molecule has 8 heteroatoms. The number of amides is 1. The summed E-state index contributed by atoms with van der Waals surface area (Å²) >= 11 is 0. The molecule has 4 rings (SSSR count). The number of carbonyl (C=O) groups excluding carboxylic acids is 1. The van der Waals surface area contributed by atoms with E-state index in [1.165, 1.54) is 12.3 Å². The number of para-hydroxylation sites is 1. The van der Waals surface area contributed by atoms with Crippen molar-refractivity contribution in [2.24, 2.45) is 0 Å². The molecule has 1 N–H and O–H groups in total. The molecule has 0 saturated carbocycles. The molecule has 0 unspecified atom stereocenters. The Labute approximate surface area is 184 Å². The zero-order valence-corrected chi connectivity index (χ0v) is 18.1. The number of oxazole rings is 1. The molecule has 0 spiro atoms. The van der Waals surface area contributed by atoms with Gasteiger partial charge in [-0.05, 0) is 30.7 Å². The highest BCUT2D eigenvalue weighted by Crippen LogP contribution is 2.31. The molecule has 0 aliphatic heterocycles. The molecule has 0 aliphatic carbocycles. The third-order valence-electron chi connectivity index (χ3n) is 4.98. The van der Waals surface area contributed by atoms with Crippen molar-refractivity contribution in [3.05, 3.63) is 71.8 Å². The van der Waals surface area contributed by atoms with E-state index in [0.29, 0.717) is 40.2 Å². The quantitative estimate of drug-likeness (QED) is 0.411. The van der Waals surface area contributed by atoms with Crippen LogP contribution in [0.3, 0.4) is 0 Å². The predicted octanol–water partition coefficient (Wildman–Crippen LogP) is 5.53. The first kappa shape index (κ1) is 21.4. The van der Waals surface area contributed by atoms with Crippen molar-refractivity contribution in [1.29, 1.82) is 0 Å². The van der Waals surface area contributed by atoms with E-state index in [1.54, 1.807) is 18.2 Å². The summed E-state index contributed by atoms with van der Waals surface area (Å²) in [7, 11) is 0. The number of nitrogens with zero attached hydrogens (tertiary/aromatic N) is 3. The van der Waals surface area contributed by atoms with E-state index in [-0.39, 0.29) is 30.5 Å². The lowest BCUT2D eigenvalue weighted by atomic mass is 10.1. The minimum atomic E-state index is -0.387. The summed E-state index contributed by atoms with van der Waals surface area (Å²) in [4.78, 5) is 21.3. The second-order valence-electron chi connectivity index (χ2n) is 7.76. The number of aromatic nitrogens is 3. The number of hydrogen-bond acceptors (Lipinski definition) is 6. The van der Waals surface area contributed by atoms with Gasteiger partial charge >= 0.3 is 0 Å². The van der Waals surface area contributed by atoms with Gasteiger partial charge in [-0.1, -0.05) is 43.3 Å². The maximum absolute atomic E-state index is 13.9. The standard InChI is InChI=1S/C24H23FN4O3/c1-14(2)23-28-24(32-29-23)17-9-6-7-15(3)22(17)27-20(30)11-12-21-26-13-19(31-21)16-8-4-5-10-18(16)25/h4-10,13-14H,11-12H2,1-3H3,(H,27,30). The van der Waals surface area contributed by atoms with Crippen LogP contribution in [0.5, 0.6) is 0 Å². The Kier molecular flexibility index (Phi) is 6.11. The van der Waals surface area contributed by atoms with E-state index in [4.69, 9.17) is 8.94 Å². The molecule has 0 aliphatic rings. The highest BCUT2D eigenvalue weighted by molar-refractivity contribution is 5.95. The summed E-state index contributed by atoms with van der Waals surface area (Å²) in [6.45, 7) is 5.86. The molecule has 32 heavy (non-hydrogen) atoms. The van der Waals surface area contributed by atoms with Crippen molar-refractivity contribution in [2.75, 3.05) is 5.32 Å². The molecule has 0 atom stereocenters. The van der Waals surface area contributed by atoms with Crippen LogP contribution in [-0.4, -0.2) is 21.0 Å². The second kappa shape index (κ2) is 9.13. The Morgan fingerprint density at radius 1 is 1.12 bits per heavy atom. The maximum atomic E-state index is 13.9. The lowest BCUT2D eigenvalue weighted by Gasteiger charge is -2.11. The Bertz CT molecular complexity index is 1250. The largest absolute Gasteiger partial charge is 0.441 e. The van der Waals surface area contributed by atoms with Crippen molar-refractivity contribution in [1.82, 2.24) is 15.1 Å². The molecular weight excluding hydrogens is 411 g/mol. The number of aryl methyl sites for hydroxylation is 2. The van der Waals surface area contributed by atoms with Crippen LogP contribution in [-0.2, 0) is 11.2 Å². The lowest BCUT2D eigenvalue weighted by molar-refractivity contribution is -0.116. The average Bonchev–Trinajstić information content (AvgIpc) is 3.44. The molecule has 2 aromatic carbocycles. The van der Waals surface area contributed by atoms with Crippen molar-refractivity contribution in [2.45, 2.75) is 39.5 Å². The number of nitrogens with one attached hydrogen (secondary N) is 1. The van der Waals surface area contributed by atoms with Crippen LogP contribution in [0.4, 0.5) is 10.1 Å². The van der Waals surface area contributed by atoms with Gasteiger partial charge in [0, 0.05) is 18.8 Å². The molecular formula is C24H23FN4O3. The van der Waals surface area contributed by atoms with Gasteiger partial charge in [0.1, 0.15) is 5.82 Å². The molecule has 0 radical (unpaired) electrons. The highest BCUT2D eigenvalue weighted by atomic mass is 19.1. The van der Waals surface area contributed by atoms with Crippen molar-refractivity contribution in [3.8, 4) is 22.8 Å². The summed E-state index contributed by atoms with van der Waals surface area (Å²) in [5.41, 5.74) is 2.49.